The van der Waals surface area contributed by atoms with Gasteiger partial charge in [0.2, 0.25) is 0 Å². The van der Waals surface area contributed by atoms with Crippen molar-refractivity contribution in [3.05, 3.63) is 83.9 Å². The van der Waals surface area contributed by atoms with Crippen LogP contribution in [-0.4, -0.2) is 29.2 Å². The molecule has 0 heterocycles. The molecule has 158 valence electrons. The summed E-state index contributed by atoms with van der Waals surface area (Å²) in [6, 6.07) is 22.4. The zero-order valence-electron chi connectivity index (χ0n) is 17.4. The highest BCUT2D eigenvalue weighted by Gasteiger charge is 2.13. The van der Waals surface area contributed by atoms with E-state index in [1.807, 2.05) is 60.7 Å². The van der Waals surface area contributed by atoms with E-state index < -0.39 is 0 Å². The topological polar surface area (TPSA) is 63.6 Å². The van der Waals surface area contributed by atoms with Crippen molar-refractivity contribution < 1.29 is 19.4 Å². The van der Waals surface area contributed by atoms with Crippen molar-refractivity contribution in [1.29, 1.82) is 0 Å². The molecule has 31 heavy (non-hydrogen) atoms. The number of benzene rings is 4. The van der Waals surface area contributed by atoms with Crippen LogP contribution in [0.4, 0.5) is 0 Å². The Morgan fingerprint density at radius 3 is 1.84 bits per heavy atom. The molecule has 4 nitrogen and oxygen atoms in total. The van der Waals surface area contributed by atoms with Crippen LogP contribution in [0, 0.1) is 0 Å². The average molecular weight is 435 g/mol. The minimum absolute atomic E-state index is 0.00590. The molecule has 5 heteroatoms. The maximum atomic E-state index is 11.7. The fourth-order valence-electron chi connectivity index (χ4n) is 3.51. The van der Waals surface area contributed by atoms with Crippen LogP contribution in [0.1, 0.15) is 34.6 Å². The normalized spacial score (nSPS) is 10.4. The molecular formula is C26H23ClO4. The molecule has 0 atom stereocenters. The SMILES string of the molecule is CC(=O)c1c(O)ccc2ccccc12.CC(=O)c1c(OCCCl)ccc2ccccc12. The largest absolute Gasteiger partial charge is 0.507 e. The van der Waals surface area contributed by atoms with Gasteiger partial charge in [0, 0.05) is 0 Å². The van der Waals surface area contributed by atoms with Crippen LogP contribution in [0.5, 0.6) is 11.5 Å². The second kappa shape index (κ2) is 10.1. The summed E-state index contributed by atoms with van der Waals surface area (Å²) < 4.78 is 5.50. The first-order valence-corrected chi connectivity index (χ1v) is 10.4. The van der Waals surface area contributed by atoms with Crippen LogP contribution in [0.2, 0.25) is 0 Å². The van der Waals surface area contributed by atoms with Crippen LogP contribution in [0.15, 0.2) is 72.8 Å². The minimum Gasteiger partial charge on any atom is -0.507 e. The minimum atomic E-state index is -0.112. The molecule has 0 saturated heterocycles. The molecule has 0 aliphatic rings. The Bertz CT molecular complexity index is 1250. The molecule has 0 aromatic heterocycles. The van der Waals surface area contributed by atoms with Gasteiger partial charge < -0.3 is 9.84 Å². The summed E-state index contributed by atoms with van der Waals surface area (Å²) in [5.74, 6) is 0.961. The number of rotatable bonds is 5. The molecule has 0 fully saturated rings. The van der Waals surface area contributed by atoms with Crippen molar-refractivity contribution in [1.82, 2.24) is 0 Å². The Hall–Kier alpha value is -3.37. The predicted molar refractivity (Wildman–Crippen MR) is 126 cm³/mol. The number of ether oxygens (including phenoxy) is 1. The molecule has 4 aromatic carbocycles. The summed E-state index contributed by atoms with van der Waals surface area (Å²) in [5.41, 5.74) is 1.04. The van der Waals surface area contributed by atoms with Crippen molar-refractivity contribution in [2.75, 3.05) is 12.5 Å². The van der Waals surface area contributed by atoms with Crippen molar-refractivity contribution in [2.45, 2.75) is 13.8 Å². The van der Waals surface area contributed by atoms with Gasteiger partial charge in [-0.1, -0.05) is 60.7 Å². The number of phenolic OH excluding ortho intramolecular Hbond substituents is 1. The van der Waals surface area contributed by atoms with E-state index in [9.17, 15) is 14.7 Å². The second-order valence-electron chi connectivity index (χ2n) is 6.99. The Morgan fingerprint density at radius 2 is 1.29 bits per heavy atom. The quantitative estimate of drug-likeness (QED) is 0.291. The zero-order chi connectivity index (χ0) is 22.4. The Balaban J connectivity index is 0.000000179. The number of ketones is 2. The number of aromatic hydroxyl groups is 1. The smallest absolute Gasteiger partial charge is 0.164 e. The molecule has 0 spiro atoms. The van der Waals surface area contributed by atoms with E-state index in [-0.39, 0.29) is 17.3 Å². The molecule has 0 aliphatic heterocycles. The third-order valence-electron chi connectivity index (χ3n) is 4.84. The summed E-state index contributed by atoms with van der Waals surface area (Å²) in [6.07, 6.45) is 0. The van der Waals surface area contributed by atoms with Crippen LogP contribution >= 0.6 is 11.6 Å². The maximum absolute atomic E-state index is 11.7. The van der Waals surface area contributed by atoms with E-state index >= 15 is 0 Å². The van der Waals surface area contributed by atoms with Gasteiger partial charge in [-0.3, -0.25) is 9.59 Å². The summed E-state index contributed by atoms with van der Waals surface area (Å²) in [6.45, 7) is 3.41. The highest BCUT2D eigenvalue weighted by Crippen LogP contribution is 2.29. The molecule has 0 unspecified atom stereocenters. The third-order valence-corrected chi connectivity index (χ3v) is 4.99. The van der Waals surface area contributed by atoms with Gasteiger partial charge in [0.05, 0.1) is 17.0 Å². The number of hydrogen-bond donors (Lipinski definition) is 1. The second-order valence-corrected chi connectivity index (χ2v) is 7.37. The molecule has 4 rings (SSSR count). The number of hydrogen-bond acceptors (Lipinski definition) is 4. The molecule has 0 aliphatic carbocycles. The number of halogens is 1. The standard InChI is InChI=1S/C14H13ClO2.C12H10O2/c1-10(16)14-12-5-3-2-4-11(12)6-7-13(14)17-9-8-15;1-8(13)12-10-5-3-2-4-9(10)6-7-11(12)14/h2-7H,8-9H2,1H3;2-7,14H,1H3. The summed E-state index contributed by atoms with van der Waals surface area (Å²) in [4.78, 5) is 23.1. The van der Waals surface area contributed by atoms with Crippen LogP contribution < -0.4 is 4.74 Å². The first-order chi connectivity index (χ1) is 14.9. The lowest BCUT2D eigenvalue weighted by atomic mass is 10.0. The third kappa shape index (κ3) is 5.04. The van der Waals surface area contributed by atoms with Gasteiger partial charge in [0.15, 0.2) is 11.6 Å². The van der Waals surface area contributed by atoms with Crippen molar-refractivity contribution in [3.8, 4) is 11.5 Å². The van der Waals surface area contributed by atoms with E-state index in [4.69, 9.17) is 16.3 Å². The Morgan fingerprint density at radius 1 is 0.774 bits per heavy atom. The van der Waals surface area contributed by atoms with Gasteiger partial charge in [0.1, 0.15) is 18.1 Å². The fraction of sp³-hybridized carbons (Fsp3) is 0.154. The molecule has 0 saturated carbocycles. The monoisotopic (exact) mass is 434 g/mol. The van der Waals surface area contributed by atoms with Gasteiger partial charge in [-0.15, -0.1) is 11.6 Å². The lowest BCUT2D eigenvalue weighted by Gasteiger charge is -2.11. The van der Waals surface area contributed by atoms with E-state index in [0.717, 1.165) is 21.5 Å². The van der Waals surface area contributed by atoms with Gasteiger partial charge >= 0.3 is 0 Å². The van der Waals surface area contributed by atoms with Gasteiger partial charge in [-0.25, -0.2) is 0 Å². The summed E-state index contributed by atoms with van der Waals surface area (Å²) in [5, 5.41) is 13.3. The average Bonchev–Trinajstić information content (AvgIpc) is 2.77. The number of carbonyl (C=O) groups excluding carboxylic acids is 2. The fourth-order valence-corrected chi connectivity index (χ4v) is 3.59. The lowest BCUT2D eigenvalue weighted by molar-refractivity contribution is 0.100. The van der Waals surface area contributed by atoms with E-state index in [1.165, 1.54) is 6.92 Å². The van der Waals surface area contributed by atoms with Crippen molar-refractivity contribution in [3.63, 3.8) is 0 Å². The molecule has 0 amide bonds. The first-order valence-electron chi connectivity index (χ1n) is 9.87. The number of fused-ring (bicyclic) bond motifs is 2. The summed E-state index contributed by atoms with van der Waals surface area (Å²) >= 11 is 5.59. The molecule has 0 radical (unpaired) electrons. The van der Waals surface area contributed by atoms with Crippen molar-refractivity contribution in [2.24, 2.45) is 0 Å². The highest BCUT2D eigenvalue weighted by molar-refractivity contribution is 6.18. The van der Waals surface area contributed by atoms with E-state index in [2.05, 4.69) is 0 Å². The predicted octanol–water partition coefficient (Wildman–Crippen LogP) is 6.41. The van der Waals surface area contributed by atoms with Gasteiger partial charge in [0.25, 0.3) is 0 Å². The Kier molecular flexibility index (Phi) is 7.27. The van der Waals surface area contributed by atoms with E-state index in [0.29, 0.717) is 29.4 Å². The lowest BCUT2D eigenvalue weighted by Crippen LogP contribution is -2.04. The maximum Gasteiger partial charge on any atom is 0.164 e. The molecule has 1 N–H and O–H groups in total. The molecule has 4 aromatic rings. The van der Waals surface area contributed by atoms with Crippen LogP contribution in [0.25, 0.3) is 21.5 Å². The number of phenols is 1. The van der Waals surface area contributed by atoms with Crippen LogP contribution in [-0.2, 0) is 0 Å². The summed E-state index contributed by atoms with van der Waals surface area (Å²) in [7, 11) is 0. The van der Waals surface area contributed by atoms with E-state index in [1.54, 1.807) is 19.1 Å². The van der Waals surface area contributed by atoms with Crippen LogP contribution in [0.3, 0.4) is 0 Å². The van der Waals surface area contributed by atoms with Gasteiger partial charge in [-0.2, -0.15) is 0 Å². The Labute approximate surface area is 186 Å². The molecule has 0 bridgehead atoms. The van der Waals surface area contributed by atoms with Crippen molar-refractivity contribution >= 4 is 44.7 Å². The number of carbonyl (C=O) groups is 2. The highest BCUT2D eigenvalue weighted by atomic mass is 35.5. The molecular weight excluding hydrogens is 412 g/mol. The number of alkyl halides is 1. The number of Topliss-reactive ketones (excluding diaryl/α,β-unsaturated/α-hetero) is 2. The van der Waals surface area contributed by atoms with Gasteiger partial charge in [-0.05, 0) is 47.5 Å². The first kappa shape index (κ1) is 22.3. The zero-order valence-corrected chi connectivity index (χ0v) is 18.1.